The van der Waals surface area contributed by atoms with E-state index in [0.29, 0.717) is 18.6 Å². The molecule has 0 saturated carbocycles. The number of carboxylic acids is 1. The van der Waals surface area contributed by atoms with E-state index in [0.717, 1.165) is 6.54 Å². The number of halogens is 1. The van der Waals surface area contributed by atoms with Gasteiger partial charge in [-0.25, -0.2) is 4.79 Å². The number of benzene rings is 1. The highest BCUT2D eigenvalue weighted by molar-refractivity contribution is 6.42. The molecule has 1 aromatic heterocycles. The zero-order valence-corrected chi connectivity index (χ0v) is 19.6. The number of amides is 1. The molecule has 1 unspecified atom stereocenters. The van der Waals surface area contributed by atoms with Crippen molar-refractivity contribution in [3.8, 4) is 0 Å². The third kappa shape index (κ3) is 5.23. The van der Waals surface area contributed by atoms with Crippen molar-refractivity contribution in [2.45, 2.75) is 32.9 Å². The number of piperazine rings is 1. The lowest BCUT2D eigenvalue weighted by atomic mass is 10.0. The van der Waals surface area contributed by atoms with Crippen LogP contribution in [0.2, 0.25) is 5.02 Å². The molecule has 2 N–H and O–H groups in total. The van der Waals surface area contributed by atoms with Crippen LogP contribution < -0.4 is 0 Å². The van der Waals surface area contributed by atoms with E-state index in [9.17, 15) is 14.4 Å². The zero-order valence-electron chi connectivity index (χ0n) is 18.8. The van der Waals surface area contributed by atoms with E-state index in [1.165, 1.54) is 17.7 Å². The molecule has 1 amide bonds. The third-order valence-corrected chi connectivity index (χ3v) is 6.06. The van der Waals surface area contributed by atoms with Gasteiger partial charge in [0.2, 0.25) is 0 Å². The van der Waals surface area contributed by atoms with E-state index < -0.39 is 11.8 Å². The van der Waals surface area contributed by atoms with Crippen LogP contribution in [0.15, 0.2) is 48.6 Å². The molecule has 2 atom stereocenters. The van der Waals surface area contributed by atoms with Crippen LogP contribution >= 0.6 is 11.6 Å². The molecular formula is C24H27ClN4O4. The van der Waals surface area contributed by atoms with Crippen LogP contribution in [0.25, 0.3) is 10.9 Å². The summed E-state index contributed by atoms with van der Waals surface area (Å²) >= 11 is 6.38. The molecule has 2 aromatic rings. The predicted octanol–water partition coefficient (Wildman–Crippen LogP) is 3.71. The van der Waals surface area contributed by atoms with Crippen molar-refractivity contribution < 1.29 is 19.5 Å². The SMILES string of the molecule is C=C/C=C\C=C(/C)CN1CC(C)N(C(=O)c2cc3c(C(=O)C(=O)O)n[nH]c3cc2Cl)C[C@@H]1C. The molecule has 1 aliphatic heterocycles. The number of aromatic nitrogens is 2. The number of aromatic amines is 1. The van der Waals surface area contributed by atoms with Crippen molar-refractivity contribution in [3.05, 3.63) is 64.9 Å². The molecule has 2 heterocycles. The maximum atomic E-state index is 13.4. The first-order valence-electron chi connectivity index (χ1n) is 10.6. The normalized spacial score (nSPS) is 19.9. The molecule has 33 heavy (non-hydrogen) atoms. The second-order valence-corrected chi connectivity index (χ2v) is 8.71. The summed E-state index contributed by atoms with van der Waals surface area (Å²) in [4.78, 5) is 40.6. The lowest BCUT2D eigenvalue weighted by Gasteiger charge is -2.44. The number of nitrogens with one attached hydrogen (secondary N) is 1. The second-order valence-electron chi connectivity index (χ2n) is 8.30. The fraction of sp³-hybridized carbons (Fsp3) is 0.333. The van der Waals surface area contributed by atoms with Crippen molar-refractivity contribution in [2.24, 2.45) is 0 Å². The molecule has 174 valence electrons. The Morgan fingerprint density at radius 1 is 1.24 bits per heavy atom. The summed E-state index contributed by atoms with van der Waals surface area (Å²) < 4.78 is 0. The van der Waals surface area contributed by atoms with Gasteiger partial charge in [-0.05, 0) is 32.9 Å². The molecule has 9 heteroatoms. The Hall–Kier alpha value is -3.23. The van der Waals surface area contributed by atoms with Crippen LogP contribution in [0, 0.1) is 0 Å². The summed E-state index contributed by atoms with van der Waals surface area (Å²) in [5, 5.41) is 15.9. The smallest absolute Gasteiger partial charge is 0.379 e. The molecule has 0 radical (unpaired) electrons. The van der Waals surface area contributed by atoms with E-state index in [-0.39, 0.29) is 39.7 Å². The first kappa shape index (κ1) is 24.4. The van der Waals surface area contributed by atoms with Gasteiger partial charge in [0.05, 0.1) is 16.1 Å². The molecule has 1 saturated heterocycles. The van der Waals surface area contributed by atoms with Gasteiger partial charge in [-0.2, -0.15) is 5.10 Å². The minimum Gasteiger partial charge on any atom is -0.475 e. The van der Waals surface area contributed by atoms with E-state index in [2.05, 4.69) is 35.5 Å². The molecule has 0 bridgehead atoms. The summed E-state index contributed by atoms with van der Waals surface area (Å²) in [7, 11) is 0. The van der Waals surface area contributed by atoms with Gasteiger partial charge >= 0.3 is 5.97 Å². The van der Waals surface area contributed by atoms with E-state index in [1.807, 2.05) is 25.2 Å². The molecule has 0 spiro atoms. The summed E-state index contributed by atoms with van der Waals surface area (Å²) in [5.74, 6) is -3.03. The number of hydrogen-bond donors (Lipinski definition) is 2. The fourth-order valence-corrected chi connectivity index (χ4v) is 4.25. The van der Waals surface area contributed by atoms with Crippen molar-refractivity contribution in [1.82, 2.24) is 20.0 Å². The van der Waals surface area contributed by atoms with Gasteiger partial charge in [0.1, 0.15) is 5.69 Å². The maximum absolute atomic E-state index is 13.4. The average molecular weight is 471 g/mol. The number of fused-ring (bicyclic) bond motifs is 1. The number of H-pyrrole nitrogens is 1. The number of Topliss-reactive ketones (excluding diaryl/α,β-unsaturated/α-hetero) is 1. The van der Waals surface area contributed by atoms with Gasteiger partial charge in [0, 0.05) is 37.1 Å². The topological polar surface area (TPSA) is 107 Å². The molecule has 1 fully saturated rings. The Bertz CT molecular complexity index is 1170. The van der Waals surface area contributed by atoms with Crippen molar-refractivity contribution in [2.75, 3.05) is 19.6 Å². The zero-order chi connectivity index (χ0) is 24.3. The lowest BCUT2D eigenvalue weighted by Crippen LogP contribution is -2.58. The van der Waals surface area contributed by atoms with E-state index in [4.69, 9.17) is 16.7 Å². The van der Waals surface area contributed by atoms with E-state index in [1.54, 1.807) is 11.0 Å². The summed E-state index contributed by atoms with van der Waals surface area (Å²) in [6.45, 7) is 11.8. The largest absolute Gasteiger partial charge is 0.475 e. The lowest BCUT2D eigenvalue weighted by molar-refractivity contribution is -0.131. The summed E-state index contributed by atoms with van der Waals surface area (Å²) in [6.07, 6.45) is 7.60. The first-order valence-corrected chi connectivity index (χ1v) is 11.0. The highest BCUT2D eigenvalue weighted by Crippen LogP contribution is 2.28. The Morgan fingerprint density at radius 2 is 1.97 bits per heavy atom. The van der Waals surface area contributed by atoms with Crippen molar-refractivity contribution >= 4 is 40.2 Å². The number of rotatable bonds is 7. The number of aliphatic carboxylic acids is 1. The monoisotopic (exact) mass is 470 g/mol. The van der Waals surface area contributed by atoms with Crippen LogP contribution in [0.1, 0.15) is 41.6 Å². The van der Waals surface area contributed by atoms with Gasteiger partial charge in [-0.1, -0.05) is 48.1 Å². The number of carboxylic acid groups (broad SMARTS) is 1. The first-order chi connectivity index (χ1) is 15.6. The van der Waals surface area contributed by atoms with Gasteiger partial charge in [0.15, 0.2) is 0 Å². The number of ketones is 1. The molecule has 1 aromatic carbocycles. The summed E-state index contributed by atoms with van der Waals surface area (Å²) in [6, 6.07) is 2.99. The fourth-order valence-electron chi connectivity index (χ4n) is 4.00. The summed E-state index contributed by atoms with van der Waals surface area (Å²) in [5.41, 5.74) is 1.56. The standard InChI is InChI=1S/C24H27ClN4O4/c1-5-6-7-8-14(2)11-28-12-16(4)29(13-15(28)3)23(31)17-9-18-20(10-19(17)25)26-27-21(18)22(30)24(32)33/h5-10,15-16H,1,11-13H2,2-4H3,(H,26,27)(H,32,33)/b7-6-,14-8+/t15-,16?/m0/s1. The van der Waals surface area contributed by atoms with Crippen LogP contribution in [0.4, 0.5) is 0 Å². The quantitative estimate of drug-likeness (QED) is 0.363. The molecule has 1 aliphatic rings. The van der Waals surface area contributed by atoms with Crippen LogP contribution in [-0.2, 0) is 4.79 Å². The molecule has 8 nitrogen and oxygen atoms in total. The molecular weight excluding hydrogens is 444 g/mol. The number of hydrogen-bond acceptors (Lipinski definition) is 5. The van der Waals surface area contributed by atoms with Crippen LogP contribution in [0.5, 0.6) is 0 Å². The van der Waals surface area contributed by atoms with Gasteiger partial charge in [0.25, 0.3) is 11.7 Å². The van der Waals surface area contributed by atoms with Gasteiger partial charge < -0.3 is 10.0 Å². The minimum absolute atomic E-state index is 0.0681. The van der Waals surface area contributed by atoms with E-state index >= 15 is 0 Å². The maximum Gasteiger partial charge on any atom is 0.379 e. The van der Waals surface area contributed by atoms with Gasteiger partial charge in [-0.15, -0.1) is 0 Å². The second kappa shape index (κ2) is 10.1. The van der Waals surface area contributed by atoms with Crippen LogP contribution in [0.3, 0.4) is 0 Å². The van der Waals surface area contributed by atoms with Gasteiger partial charge in [-0.3, -0.25) is 19.6 Å². The van der Waals surface area contributed by atoms with Crippen LogP contribution in [-0.4, -0.2) is 74.5 Å². The minimum atomic E-state index is -1.62. The number of allylic oxidation sites excluding steroid dienone is 4. The number of nitrogens with zero attached hydrogens (tertiary/aromatic N) is 3. The highest BCUT2D eigenvalue weighted by Gasteiger charge is 2.33. The number of carbonyl (C=O) groups excluding carboxylic acids is 2. The predicted molar refractivity (Wildman–Crippen MR) is 128 cm³/mol. The Labute approximate surface area is 197 Å². The Kier molecular flexibility index (Phi) is 7.50. The average Bonchev–Trinajstić information content (AvgIpc) is 3.17. The Morgan fingerprint density at radius 3 is 2.64 bits per heavy atom. The van der Waals surface area contributed by atoms with Crippen molar-refractivity contribution in [1.29, 1.82) is 0 Å². The highest BCUT2D eigenvalue weighted by atomic mass is 35.5. The number of carbonyl (C=O) groups is 3. The molecule has 0 aliphatic carbocycles. The van der Waals surface area contributed by atoms with Crippen molar-refractivity contribution in [3.63, 3.8) is 0 Å². The Balaban J connectivity index is 1.83. The third-order valence-electron chi connectivity index (χ3n) is 5.75. The molecule has 3 rings (SSSR count).